The summed E-state index contributed by atoms with van der Waals surface area (Å²) >= 11 is 0. The smallest absolute Gasteiger partial charge is 0.275 e. The summed E-state index contributed by atoms with van der Waals surface area (Å²) in [7, 11) is 0. The number of benzene rings is 2. The highest BCUT2D eigenvalue weighted by Crippen LogP contribution is 2.24. The molecule has 1 aromatic heterocycles. The van der Waals surface area contributed by atoms with Crippen LogP contribution in [0.3, 0.4) is 0 Å². The highest BCUT2D eigenvalue weighted by atomic mass is 35.5. The van der Waals surface area contributed by atoms with Gasteiger partial charge >= 0.3 is 0 Å². The van der Waals surface area contributed by atoms with Gasteiger partial charge < -0.3 is 15.4 Å². The van der Waals surface area contributed by atoms with Crippen molar-refractivity contribution in [2.45, 2.75) is 13.0 Å². The summed E-state index contributed by atoms with van der Waals surface area (Å²) < 4.78 is 20.0. The third-order valence-electron chi connectivity index (χ3n) is 4.46. The third kappa shape index (κ3) is 4.27. The second-order valence-electron chi connectivity index (χ2n) is 6.50. The van der Waals surface area contributed by atoms with Crippen LogP contribution in [-0.4, -0.2) is 35.6 Å². The Labute approximate surface area is 167 Å². The molecule has 8 heteroatoms. The van der Waals surface area contributed by atoms with Crippen LogP contribution < -0.4 is 10.6 Å². The molecule has 1 fully saturated rings. The molecule has 0 aliphatic carbocycles. The first kappa shape index (κ1) is 20.1. The van der Waals surface area contributed by atoms with Crippen LogP contribution in [0.1, 0.15) is 27.7 Å². The first-order chi connectivity index (χ1) is 13.1. The molecule has 1 aliphatic heterocycles. The first-order valence-corrected chi connectivity index (χ1v) is 8.77. The number of aryl methyl sites for hydroxylation is 1. The normalized spacial score (nSPS) is 16.4. The summed E-state index contributed by atoms with van der Waals surface area (Å²) in [6.45, 7) is 3.82. The number of ether oxygens (including phenoxy) is 1. The Bertz CT molecular complexity index is 1010. The Morgan fingerprint density at radius 2 is 2.11 bits per heavy atom. The zero-order chi connectivity index (χ0) is 18.8. The SMILES string of the molecule is Cc1ccc2ncc(C(=O)Nc3ccc([C@H]4CNCCO4)c(F)c3)nc2c1.Cl. The van der Waals surface area contributed by atoms with Crippen molar-refractivity contribution in [3.05, 3.63) is 65.2 Å². The second kappa shape index (κ2) is 8.60. The van der Waals surface area contributed by atoms with Crippen molar-refractivity contribution in [3.63, 3.8) is 0 Å². The quantitative estimate of drug-likeness (QED) is 0.702. The van der Waals surface area contributed by atoms with Crippen molar-refractivity contribution >= 4 is 35.0 Å². The van der Waals surface area contributed by atoms with Crippen LogP contribution in [0.2, 0.25) is 0 Å². The van der Waals surface area contributed by atoms with Crippen LogP contribution in [0.4, 0.5) is 10.1 Å². The first-order valence-electron chi connectivity index (χ1n) is 8.77. The minimum Gasteiger partial charge on any atom is -0.371 e. The van der Waals surface area contributed by atoms with Gasteiger partial charge in [0.05, 0.1) is 29.9 Å². The molecule has 0 unspecified atom stereocenters. The molecule has 2 heterocycles. The lowest BCUT2D eigenvalue weighted by molar-refractivity contribution is 0.0255. The van der Waals surface area contributed by atoms with E-state index in [-0.39, 0.29) is 24.2 Å². The van der Waals surface area contributed by atoms with Crippen molar-refractivity contribution in [1.82, 2.24) is 15.3 Å². The van der Waals surface area contributed by atoms with Crippen molar-refractivity contribution in [2.75, 3.05) is 25.0 Å². The molecule has 6 nitrogen and oxygen atoms in total. The van der Waals surface area contributed by atoms with E-state index in [4.69, 9.17) is 4.74 Å². The lowest BCUT2D eigenvalue weighted by Crippen LogP contribution is -2.33. The van der Waals surface area contributed by atoms with Gasteiger partial charge in [0.2, 0.25) is 0 Å². The van der Waals surface area contributed by atoms with E-state index in [0.29, 0.717) is 35.4 Å². The Hall–Kier alpha value is -2.61. The van der Waals surface area contributed by atoms with E-state index < -0.39 is 11.7 Å². The molecule has 3 aromatic rings. The van der Waals surface area contributed by atoms with Gasteiger partial charge in [-0.1, -0.05) is 12.1 Å². The fraction of sp³-hybridized carbons (Fsp3) is 0.250. The minimum absolute atomic E-state index is 0. The van der Waals surface area contributed by atoms with E-state index in [9.17, 15) is 9.18 Å². The molecule has 0 spiro atoms. The summed E-state index contributed by atoms with van der Waals surface area (Å²) in [6, 6.07) is 10.3. The number of carbonyl (C=O) groups is 1. The number of anilines is 1. The minimum atomic E-state index is -0.436. The molecule has 1 amide bonds. The van der Waals surface area contributed by atoms with Gasteiger partial charge in [-0.05, 0) is 36.8 Å². The third-order valence-corrected chi connectivity index (χ3v) is 4.46. The van der Waals surface area contributed by atoms with Crippen LogP contribution in [0.5, 0.6) is 0 Å². The molecule has 0 saturated carbocycles. The average Bonchev–Trinajstić information content (AvgIpc) is 2.68. The maximum Gasteiger partial charge on any atom is 0.275 e. The molecule has 2 aromatic carbocycles. The van der Waals surface area contributed by atoms with E-state index in [1.807, 2.05) is 25.1 Å². The standard InChI is InChI=1S/C20H19FN4O2.ClH/c1-12-2-5-16-17(8-12)25-18(10-23-16)20(26)24-13-3-4-14(15(21)9-13)19-11-22-6-7-27-19;/h2-5,8-10,19,22H,6-7,11H2,1H3,(H,24,26);1H/t19-;/m1./s1. The predicted molar refractivity (Wildman–Crippen MR) is 107 cm³/mol. The number of fused-ring (bicyclic) bond motifs is 1. The molecule has 0 bridgehead atoms. The van der Waals surface area contributed by atoms with E-state index in [2.05, 4.69) is 20.6 Å². The van der Waals surface area contributed by atoms with Crippen LogP contribution in [0, 0.1) is 12.7 Å². The molecule has 1 aliphatic rings. The molecule has 4 rings (SSSR count). The highest BCUT2D eigenvalue weighted by molar-refractivity contribution is 6.03. The molecule has 1 saturated heterocycles. The molecule has 1 atom stereocenters. The largest absolute Gasteiger partial charge is 0.371 e. The van der Waals surface area contributed by atoms with Crippen LogP contribution in [0.15, 0.2) is 42.6 Å². The monoisotopic (exact) mass is 402 g/mol. The number of aromatic nitrogens is 2. The number of hydrogen-bond acceptors (Lipinski definition) is 5. The number of nitrogens with zero attached hydrogens (tertiary/aromatic N) is 2. The van der Waals surface area contributed by atoms with E-state index in [0.717, 1.165) is 12.1 Å². The number of nitrogens with one attached hydrogen (secondary N) is 2. The van der Waals surface area contributed by atoms with Gasteiger partial charge in [0.25, 0.3) is 5.91 Å². The van der Waals surface area contributed by atoms with Crippen LogP contribution >= 0.6 is 12.4 Å². The summed E-state index contributed by atoms with van der Waals surface area (Å²) in [5.41, 5.74) is 3.40. The van der Waals surface area contributed by atoms with Gasteiger partial charge in [-0.2, -0.15) is 0 Å². The lowest BCUT2D eigenvalue weighted by atomic mass is 10.1. The number of amides is 1. The van der Waals surface area contributed by atoms with Crippen molar-refractivity contribution in [3.8, 4) is 0 Å². The number of carbonyl (C=O) groups excluding carboxylic acids is 1. The number of halogens is 2. The Balaban J connectivity index is 0.00000225. The summed E-state index contributed by atoms with van der Waals surface area (Å²) in [5.74, 6) is -0.852. The zero-order valence-corrected chi connectivity index (χ0v) is 16.1. The number of morpholine rings is 1. The Morgan fingerprint density at radius 3 is 2.86 bits per heavy atom. The average molecular weight is 403 g/mol. The molecular weight excluding hydrogens is 383 g/mol. The van der Waals surface area contributed by atoms with E-state index in [1.165, 1.54) is 12.3 Å². The van der Waals surface area contributed by atoms with Crippen molar-refractivity contribution in [1.29, 1.82) is 0 Å². The van der Waals surface area contributed by atoms with Crippen LogP contribution in [0.25, 0.3) is 11.0 Å². The Kier molecular flexibility index (Phi) is 6.18. The maximum absolute atomic E-state index is 14.5. The summed E-state index contributed by atoms with van der Waals surface area (Å²) in [5, 5.41) is 5.84. The molecule has 0 radical (unpaired) electrons. The van der Waals surface area contributed by atoms with Crippen molar-refractivity contribution < 1.29 is 13.9 Å². The van der Waals surface area contributed by atoms with E-state index in [1.54, 1.807) is 12.1 Å². The summed E-state index contributed by atoms with van der Waals surface area (Å²) in [6.07, 6.45) is 1.09. The predicted octanol–water partition coefficient (Wildman–Crippen LogP) is 3.41. The molecular formula is C20H20ClFN4O2. The van der Waals surface area contributed by atoms with Gasteiger partial charge in [-0.3, -0.25) is 9.78 Å². The molecule has 2 N–H and O–H groups in total. The highest BCUT2D eigenvalue weighted by Gasteiger charge is 2.20. The van der Waals surface area contributed by atoms with E-state index >= 15 is 0 Å². The lowest BCUT2D eigenvalue weighted by Gasteiger charge is -2.24. The van der Waals surface area contributed by atoms with Crippen LogP contribution in [-0.2, 0) is 4.74 Å². The molecule has 28 heavy (non-hydrogen) atoms. The second-order valence-corrected chi connectivity index (χ2v) is 6.50. The summed E-state index contributed by atoms with van der Waals surface area (Å²) in [4.78, 5) is 21.1. The maximum atomic E-state index is 14.5. The zero-order valence-electron chi connectivity index (χ0n) is 15.2. The molecule has 146 valence electrons. The fourth-order valence-electron chi connectivity index (χ4n) is 3.06. The van der Waals surface area contributed by atoms with Crippen molar-refractivity contribution in [2.24, 2.45) is 0 Å². The fourth-order valence-corrected chi connectivity index (χ4v) is 3.06. The van der Waals surface area contributed by atoms with Gasteiger partial charge in [-0.25, -0.2) is 9.37 Å². The number of hydrogen-bond donors (Lipinski definition) is 2. The topological polar surface area (TPSA) is 76.1 Å². The van der Waals surface area contributed by atoms with Gasteiger partial charge in [-0.15, -0.1) is 12.4 Å². The van der Waals surface area contributed by atoms with Gasteiger partial charge in [0.15, 0.2) is 0 Å². The van der Waals surface area contributed by atoms with Gasteiger partial charge in [0, 0.05) is 24.3 Å². The Morgan fingerprint density at radius 1 is 1.25 bits per heavy atom. The number of rotatable bonds is 3. The van der Waals surface area contributed by atoms with Gasteiger partial charge in [0.1, 0.15) is 11.5 Å².